The van der Waals surface area contributed by atoms with Crippen molar-refractivity contribution in [2.45, 2.75) is 44.3 Å². The molecule has 2 N–H and O–H groups in total. The molecule has 3 nitrogen and oxygen atoms in total. The molecule has 1 aromatic heterocycles. The van der Waals surface area contributed by atoms with E-state index in [1.807, 2.05) is 27.7 Å². The fraction of sp³-hybridized carbons (Fsp3) is 0.143. The van der Waals surface area contributed by atoms with E-state index in [1.165, 1.54) is 31.3 Å². The van der Waals surface area contributed by atoms with Gasteiger partial charge < -0.3 is 15.1 Å². The van der Waals surface area contributed by atoms with Gasteiger partial charge >= 0.3 is 0 Å². The van der Waals surface area contributed by atoms with Crippen LogP contribution in [0.4, 0.5) is 17.1 Å². The molecule has 0 radical (unpaired) electrons. The molecule has 7 aromatic carbocycles. The molecule has 0 unspecified atom stereocenters. The third kappa shape index (κ3) is 5.24. The standard InChI is InChI=1S/C49H41NO2S/c1-47(2,51)40-30-33(32-27-28-45-37(29-32)36-21-11-16-26-44(36)53-45)31-41(48(3,4)52)46(40)50-42-24-14-12-22-38(42)49(34-17-7-5-8-18-34,35-19-9-6-10-20-35)39-23-13-15-25-43(39)50/h5-31,51-52H,1-4H3. The fourth-order valence-electron chi connectivity index (χ4n) is 8.53. The van der Waals surface area contributed by atoms with E-state index in [9.17, 15) is 10.2 Å². The second-order valence-electron chi connectivity index (χ2n) is 15.2. The van der Waals surface area contributed by atoms with Crippen LogP contribution in [0.25, 0.3) is 31.3 Å². The summed E-state index contributed by atoms with van der Waals surface area (Å²) in [5.74, 6) is 0. The van der Waals surface area contributed by atoms with E-state index < -0.39 is 16.6 Å². The van der Waals surface area contributed by atoms with Crippen LogP contribution in [0.3, 0.4) is 0 Å². The first kappa shape index (κ1) is 33.3. The Hall–Kier alpha value is -5.52. The molecule has 260 valence electrons. The maximum Gasteiger partial charge on any atom is 0.0861 e. The predicted octanol–water partition coefficient (Wildman–Crippen LogP) is 12.3. The first-order valence-corrected chi connectivity index (χ1v) is 19.0. The summed E-state index contributed by atoms with van der Waals surface area (Å²) < 4.78 is 2.49. The SMILES string of the molecule is CC(C)(O)c1cc(-c2ccc3sc4ccccc4c3c2)cc(C(C)(C)O)c1N1c2ccccc2C(c2ccccc2)(c2ccccc2)c2ccccc21. The van der Waals surface area contributed by atoms with Crippen molar-refractivity contribution in [2.24, 2.45) is 0 Å². The number of hydrogen-bond acceptors (Lipinski definition) is 4. The Balaban J connectivity index is 1.36. The van der Waals surface area contributed by atoms with Crippen LogP contribution in [0.1, 0.15) is 61.1 Å². The van der Waals surface area contributed by atoms with E-state index in [1.54, 1.807) is 11.3 Å². The normalized spacial score (nSPS) is 14.0. The smallest absolute Gasteiger partial charge is 0.0861 e. The molecule has 4 heteroatoms. The van der Waals surface area contributed by atoms with Gasteiger partial charge in [-0.3, -0.25) is 0 Å². The lowest BCUT2D eigenvalue weighted by atomic mass is 9.62. The summed E-state index contributed by atoms with van der Waals surface area (Å²) in [6.07, 6.45) is 0. The molecule has 0 saturated heterocycles. The zero-order valence-corrected chi connectivity index (χ0v) is 31.2. The van der Waals surface area contributed by atoms with Crippen molar-refractivity contribution in [2.75, 3.05) is 4.90 Å². The third-order valence-electron chi connectivity index (χ3n) is 10.9. The number of nitrogens with zero attached hydrogens (tertiary/aromatic N) is 1. The molecule has 1 aliphatic heterocycles. The van der Waals surface area contributed by atoms with Gasteiger partial charge in [0, 0.05) is 31.3 Å². The summed E-state index contributed by atoms with van der Waals surface area (Å²) >= 11 is 1.80. The number of fused-ring (bicyclic) bond motifs is 5. The number of anilines is 3. The van der Waals surface area contributed by atoms with E-state index in [-0.39, 0.29) is 0 Å². The quantitative estimate of drug-likeness (QED) is 0.181. The van der Waals surface area contributed by atoms with Gasteiger partial charge in [-0.05, 0) is 104 Å². The molecule has 1 aliphatic rings. The van der Waals surface area contributed by atoms with Gasteiger partial charge in [-0.25, -0.2) is 0 Å². The summed E-state index contributed by atoms with van der Waals surface area (Å²) in [6.45, 7) is 7.39. The van der Waals surface area contributed by atoms with Gasteiger partial charge in [0.15, 0.2) is 0 Å². The van der Waals surface area contributed by atoms with Crippen molar-refractivity contribution < 1.29 is 10.2 Å². The molecule has 0 amide bonds. The van der Waals surface area contributed by atoms with Gasteiger partial charge in [0.2, 0.25) is 0 Å². The van der Waals surface area contributed by atoms with Crippen molar-refractivity contribution >= 4 is 48.6 Å². The van der Waals surface area contributed by atoms with E-state index in [0.717, 1.165) is 50.4 Å². The zero-order chi connectivity index (χ0) is 36.5. The number of para-hydroxylation sites is 2. The van der Waals surface area contributed by atoms with Crippen LogP contribution >= 0.6 is 11.3 Å². The van der Waals surface area contributed by atoms with Gasteiger partial charge in [-0.1, -0.05) is 121 Å². The molecule has 2 heterocycles. The fourth-order valence-corrected chi connectivity index (χ4v) is 9.62. The lowest BCUT2D eigenvalue weighted by Crippen LogP contribution is -2.39. The molecule has 0 aliphatic carbocycles. The molecule has 53 heavy (non-hydrogen) atoms. The molecule has 0 fully saturated rings. The average Bonchev–Trinajstić information content (AvgIpc) is 3.54. The Morgan fingerprint density at radius 2 is 0.943 bits per heavy atom. The second-order valence-corrected chi connectivity index (χ2v) is 16.3. The molecular weight excluding hydrogens is 667 g/mol. The highest BCUT2D eigenvalue weighted by atomic mass is 32.1. The highest BCUT2D eigenvalue weighted by Crippen LogP contribution is 2.59. The Morgan fingerprint density at radius 3 is 1.49 bits per heavy atom. The Morgan fingerprint density at radius 1 is 0.472 bits per heavy atom. The topological polar surface area (TPSA) is 43.7 Å². The van der Waals surface area contributed by atoms with Crippen LogP contribution in [-0.2, 0) is 16.6 Å². The van der Waals surface area contributed by atoms with Crippen LogP contribution in [0, 0.1) is 0 Å². The molecule has 8 aromatic rings. The van der Waals surface area contributed by atoms with Crippen molar-refractivity contribution in [1.82, 2.24) is 0 Å². The highest BCUT2D eigenvalue weighted by Gasteiger charge is 2.47. The van der Waals surface area contributed by atoms with Gasteiger partial charge in [-0.15, -0.1) is 11.3 Å². The molecule has 0 bridgehead atoms. The number of rotatable bonds is 6. The maximum absolute atomic E-state index is 12.2. The molecule has 0 spiro atoms. The van der Waals surface area contributed by atoms with Crippen LogP contribution in [0.5, 0.6) is 0 Å². The minimum atomic E-state index is -1.26. The number of aliphatic hydroxyl groups is 2. The minimum absolute atomic E-state index is 0.630. The second kappa shape index (κ2) is 12.3. The largest absolute Gasteiger partial charge is 0.386 e. The van der Waals surface area contributed by atoms with Crippen molar-refractivity contribution in [3.63, 3.8) is 0 Å². The van der Waals surface area contributed by atoms with E-state index in [2.05, 4.69) is 169 Å². The van der Waals surface area contributed by atoms with Crippen molar-refractivity contribution in [1.29, 1.82) is 0 Å². The van der Waals surface area contributed by atoms with E-state index in [4.69, 9.17) is 0 Å². The third-order valence-corrected chi connectivity index (χ3v) is 12.0. The van der Waals surface area contributed by atoms with Crippen LogP contribution in [0.2, 0.25) is 0 Å². The number of hydrogen-bond donors (Lipinski definition) is 2. The summed E-state index contributed by atoms with van der Waals surface area (Å²) in [7, 11) is 0. The van der Waals surface area contributed by atoms with Crippen molar-refractivity contribution in [3.05, 3.63) is 197 Å². The first-order chi connectivity index (χ1) is 25.6. The molecule has 0 saturated carbocycles. The van der Waals surface area contributed by atoms with E-state index >= 15 is 0 Å². The van der Waals surface area contributed by atoms with Gasteiger partial charge in [-0.2, -0.15) is 0 Å². The molecular formula is C49H41NO2S. The molecule has 0 atom stereocenters. The lowest BCUT2D eigenvalue weighted by Gasteiger charge is -2.48. The van der Waals surface area contributed by atoms with Gasteiger partial charge in [0.05, 0.1) is 33.7 Å². The molecule has 9 rings (SSSR count). The maximum atomic E-state index is 12.2. The van der Waals surface area contributed by atoms with Crippen LogP contribution in [-0.4, -0.2) is 10.2 Å². The van der Waals surface area contributed by atoms with Crippen LogP contribution in [0.15, 0.2) is 164 Å². The Kier molecular flexibility index (Phi) is 7.72. The van der Waals surface area contributed by atoms with Gasteiger partial charge in [0.25, 0.3) is 0 Å². The monoisotopic (exact) mass is 707 g/mol. The summed E-state index contributed by atoms with van der Waals surface area (Å²) in [6, 6.07) is 58.1. The number of benzene rings is 7. The Labute approximate surface area is 315 Å². The summed E-state index contributed by atoms with van der Waals surface area (Å²) in [4.78, 5) is 2.29. The first-order valence-electron chi connectivity index (χ1n) is 18.2. The Bertz CT molecular complexity index is 2520. The minimum Gasteiger partial charge on any atom is -0.386 e. The highest BCUT2D eigenvalue weighted by molar-refractivity contribution is 7.25. The zero-order valence-electron chi connectivity index (χ0n) is 30.3. The lowest BCUT2D eigenvalue weighted by molar-refractivity contribution is 0.0731. The van der Waals surface area contributed by atoms with Crippen molar-refractivity contribution in [3.8, 4) is 11.1 Å². The summed E-state index contributed by atoms with van der Waals surface area (Å²) in [5, 5.41) is 26.8. The predicted molar refractivity (Wildman–Crippen MR) is 222 cm³/mol. The van der Waals surface area contributed by atoms with E-state index in [0.29, 0.717) is 0 Å². The van der Waals surface area contributed by atoms with Gasteiger partial charge in [0.1, 0.15) is 0 Å². The number of thiophene rings is 1. The average molecular weight is 708 g/mol. The summed E-state index contributed by atoms with van der Waals surface area (Å²) in [5.41, 5.74) is 7.66. The van der Waals surface area contributed by atoms with Crippen LogP contribution < -0.4 is 4.90 Å².